The van der Waals surface area contributed by atoms with Crippen LogP contribution < -0.4 is 10.6 Å². The van der Waals surface area contributed by atoms with Gasteiger partial charge in [-0.25, -0.2) is 0 Å². The monoisotopic (exact) mass is 211 g/mol. The lowest BCUT2D eigenvalue weighted by Gasteiger charge is -2.47. The molecule has 0 unspecified atom stereocenters. The molecule has 0 saturated carbocycles. The van der Waals surface area contributed by atoms with Gasteiger partial charge >= 0.3 is 0 Å². The molecular weight excluding hydrogens is 190 g/mol. The Kier molecular flexibility index (Phi) is 2.98. The SMILES string of the molecule is CC1(C)C(=O)NCCN1C1CCNCC1. The highest BCUT2D eigenvalue weighted by molar-refractivity contribution is 5.86. The Bertz CT molecular complexity index is 246. The fraction of sp³-hybridized carbons (Fsp3) is 0.909. The highest BCUT2D eigenvalue weighted by Gasteiger charge is 2.41. The van der Waals surface area contributed by atoms with Crippen molar-refractivity contribution in [3.05, 3.63) is 0 Å². The standard InChI is InChI=1S/C11H21N3O/c1-11(2)10(15)13-7-8-14(11)9-3-5-12-6-4-9/h9,12H,3-8H2,1-2H3,(H,13,15). The van der Waals surface area contributed by atoms with Crippen molar-refractivity contribution in [1.82, 2.24) is 15.5 Å². The molecule has 4 heteroatoms. The van der Waals surface area contributed by atoms with Gasteiger partial charge in [0, 0.05) is 19.1 Å². The summed E-state index contributed by atoms with van der Waals surface area (Å²) in [6, 6.07) is 0.576. The normalized spacial score (nSPS) is 28.8. The fourth-order valence-electron chi connectivity index (χ4n) is 2.67. The zero-order valence-electron chi connectivity index (χ0n) is 9.68. The van der Waals surface area contributed by atoms with Gasteiger partial charge in [-0.3, -0.25) is 9.69 Å². The Balaban J connectivity index is 2.08. The first-order chi connectivity index (χ1) is 7.12. The minimum Gasteiger partial charge on any atom is -0.353 e. The van der Waals surface area contributed by atoms with Gasteiger partial charge in [0.05, 0.1) is 5.54 Å². The minimum absolute atomic E-state index is 0.173. The predicted molar refractivity (Wildman–Crippen MR) is 59.7 cm³/mol. The van der Waals surface area contributed by atoms with Crippen LogP contribution in [0.15, 0.2) is 0 Å². The first-order valence-electron chi connectivity index (χ1n) is 5.88. The second-order valence-electron chi connectivity index (χ2n) is 4.99. The maximum absolute atomic E-state index is 11.8. The number of carbonyl (C=O) groups excluding carboxylic acids is 1. The molecule has 0 aromatic rings. The van der Waals surface area contributed by atoms with Crippen LogP contribution in [0.25, 0.3) is 0 Å². The van der Waals surface area contributed by atoms with Gasteiger partial charge in [-0.2, -0.15) is 0 Å². The second kappa shape index (κ2) is 4.10. The highest BCUT2D eigenvalue weighted by Crippen LogP contribution is 2.24. The lowest BCUT2D eigenvalue weighted by atomic mass is 9.93. The van der Waals surface area contributed by atoms with E-state index in [1.54, 1.807) is 0 Å². The summed E-state index contributed by atoms with van der Waals surface area (Å²) in [4.78, 5) is 14.2. The molecule has 2 fully saturated rings. The number of carbonyl (C=O) groups is 1. The molecule has 2 rings (SSSR count). The van der Waals surface area contributed by atoms with E-state index in [1.807, 2.05) is 13.8 Å². The van der Waals surface area contributed by atoms with Gasteiger partial charge < -0.3 is 10.6 Å². The summed E-state index contributed by atoms with van der Waals surface area (Å²) in [5, 5.41) is 6.31. The highest BCUT2D eigenvalue weighted by atomic mass is 16.2. The summed E-state index contributed by atoms with van der Waals surface area (Å²) >= 11 is 0. The Morgan fingerprint density at radius 2 is 1.93 bits per heavy atom. The van der Waals surface area contributed by atoms with E-state index in [0.29, 0.717) is 6.04 Å². The van der Waals surface area contributed by atoms with Crippen molar-refractivity contribution in [2.45, 2.75) is 38.3 Å². The van der Waals surface area contributed by atoms with Crippen LogP contribution in [-0.2, 0) is 4.79 Å². The average Bonchev–Trinajstić information content (AvgIpc) is 2.23. The smallest absolute Gasteiger partial charge is 0.240 e. The van der Waals surface area contributed by atoms with Crippen molar-refractivity contribution in [2.24, 2.45) is 0 Å². The van der Waals surface area contributed by atoms with E-state index < -0.39 is 0 Å². The van der Waals surface area contributed by atoms with Gasteiger partial charge in [-0.1, -0.05) is 0 Å². The lowest BCUT2D eigenvalue weighted by molar-refractivity contribution is -0.137. The summed E-state index contributed by atoms with van der Waals surface area (Å²) in [5.74, 6) is 0.173. The third-order valence-electron chi connectivity index (χ3n) is 3.66. The zero-order chi connectivity index (χ0) is 10.9. The van der Waals surface area contributed by atoms with Gasteiger partial charge in [0.25, 0.3) is 0 Å². The van der Waals surface area contributed by atoms with Crippen molar-refractivity contribution < 1.29 is 4.79 Å². The molecule has 15 heavy (non-hydrogen) atoms. The zero-order valence-corrected chi connectivity index (χ0v) is 9.68. The van der Waals surface area contributed by atoms with Crippen molar-refractivity contribution in [3.8, 4) is 0 Å². The number of rotatable bonds is 1. The van der Waals surface area contributed by atoms with E-state index in [9.17, 15) is 4.79 Å². The van der Waals surface area contributed by atoms with Crippen molar-refractivity contribution in [1.29, 1.82) is 0 Å². The third-order valence-corrected chi connectivity index (χ3v) is 3.66. The molecule has 2 aliphatic heterocycles. The van der Waals surface area contributed by atoms with Crippen LogP contribution in [0, 0.1) is 0 Å². The van der Waals surface area contributed by atoms with Crippen molar-refractivity contribution >= 4 is 5.91 Å². The summed E-state index contributed by atoms with van der Waals surface area (Å²) in [6.45, 7) is 8.01. The van der Waals surface area contributed by atoms with Crippen molar-refractivity contribution in [3.63, 3.8) is 0 Å². The molecule has 0 atom stereocenters. The molecule has 0 radical (unpaired) electrons. The van der Waals surface area contributed by atoms with E-state index >= 15 is 0 Å². The molecule has 2 saturated heterocycles. The van der Waals surface area contributed by atoms with E-state index in [4.69, 9.17) is 0 Å². The van der Waals surface area contributed by atoms with Crippen LogP contribution in [0.1, 0.15) is 26.7 Å². The quantitative estimate of drug-likeness (QED) is 0.639. The van der Waals surface area contributed by atoms with Gasteiger partial charge in [-0.05, 0) is 39.8 Å². The maximum Gasteiger partial charge on any atom is 0.240 e. The van der Waals surface area contributed by atoms with Crippen LogP contribution in [-0.4, -0.2) is 48.6 Å². The molecule has 1 amide bonds. The van der Waals surface area contributed by atoms with E-state index in [0.717, 1.165) is 39.0 Å². The van der Waals surface area contributed by atoms with Crippen LogP contribution in [0.3, 0.4) is 0 Å². The van der Waals surface area contributed by atoms with Gasteiger partial charge in [0.1, 0.15) is 0 Å². The van der Waals surface area contributed by atoms with Crippen molar-refractivity contribution in [2.75, 3.05) is 26.2 Å². The molecule has 0 spiro atoms. The van der Waals surface area contributed by atoms with Crippen LogP contribution in [0.2, 0.25) is 0 Å². The molecule has 0 aliphatic carbocycles. The van der Waals surface area contributed by atoms with Gasteiger partial charge in [-0.15, -0.1) is 0 Å². The fourth-order valence-corrected chi connectivity index (χ4v) is 2.67. The molecular formula is C11H21N3O. The number of nitrogens with zero attached hydrogens (tertiary/aromatic N) is 1. The molecule has 0 aromatic carbocycles. The summed E-state index contributed by atoms with van der Waals surface area (Å²) < 4.78 is 0. The largest absolute Gasteiger partial charge is 0.353 e. The van der Waals surface area contributed by atoms with E-state index in [-0.39, 0.29) is 11.4 Å². The average molecular weight is 211 g/mol. The first-order valence-corrected chi connectivity index (χ1v) is 5.88. The minimum atomic E-state index is -0.333. The Morgan fingerprint density at radius 1 is 1.27 bits per heavy atom. The summed E-state index contributed by atoms with van der Waals surface area (Å²) in [5.41, 5.74) is -0.333. The van der Waals surface area contributed by atoms with E-state index in [1.165, 1.54) is 0 Å². The number of amides is 1. The number of hydrogen-bond acceptors (Lipinski definition) is 3. The van der Waals surface area contributed by atoms with E-state index in [2.05, 4.69) is 15.5 Å². The van der Waals surface area contributed by atoms with Gasteiger partial charge in [0.15, 0.2) is 0 Å². The summed E-state index contributed by atoms with van der Waals surface area (Å²) in [7, 11) is 0. The molecule has 2 aliphatic rings. The van der Waals surface area contributed by atoms with Gasteiger partial charge in [0.2, 0.25) is 5.91 Å². The number of piperazine rings is 1. The Morgan fingerprint density at radius 3 is 2.60 bits per heavy atom. The van der Waals surface area contributed by atoms with Crippen LogP contribution in [0.5, 0.6) is 0 Å². The molecule has 0 aromatic heterocycles. The molecule has 2 heterocycles. The topological polar surface area (TPSA) is 44.4 Å². The second-order valence-corrected chi connectivity index (χ2v) is 4.99. The lowest BCUT2D eigenvalue weighted by Crippen LogP contribution is -2.65. The molecule has 0 bridgehead atoms. The third kappa shape index (κ3) is 2.01. The Hall–Kier alpha value is -0.610. The van der Waals surface area contributed by atoms with Crippen LogP contribution in [0.4, 0.5) is 0 Å². The van der Waals surface area contributed by atoms with Crippen LogP contribution >= 0.6 is 0 Å². The maximum atomic E-state index is 11.8. The summed E-state index contributed by atoms with van der Waals surface area (Å²) in [6.07, 6.45) is 2.33. The number of piperidine rings is 1. The number of hydrogen-bond donors (Lipinski definition) is 2. The molecule has 2 N–H and O–H groups in total. The molecule has 4 nitrogen and oxygen atoms in total. The Labute approximate surface area is 91.4 Å². The first kappa shape index (κ1) is 10.9. The molecule has 86 valence electrons. The predicted octanol–water partition coefficient (Wildman–Crippen LogP) is -0.0512. The number of nitrogens with one attached hydrogen (secondary N) is 2.